The maximum Gasteiger partial charge on any atom is 0.270 e. The monoisotopic (exact) mass is 411 g/mol. The molecule has 1 aliphatic carbocycles. The molecule has 0 radical (unpaired) electrons. The summed E-state index contributed by atoms with van der Waals surface area (Å²) in [5, 5.41) is 12.3. The molecule has 0 aliphatic heterocycles. The number of anilines is 1. The lowest BCUT2D eigenvalue weighted by Gasteiger charge is -2.31. The van der Waals surface area contributed by atoms with E-state index in [4.69, 9.17) is 11.5 Å². The molecular formula is C18H29N5O4S. The lowest BCUT2D eigenvalue weighted by molar-refractivity contribution is -0.126. The number of nitrogen functional groups attached to an aromatic ring is 1. The van der Waals surface area contributed by atoms with Gasteiger partial charge >= 0.3 is 0 Å². The smallest absolute Gasteiger partial charge is 0.270 e. The van der Waals surface area contributed by atoms with Gasteiger partial charge in [0.05, 0.1) is 5.69 Å². The number of nitrogens with two attached hydrogens (primary N) is 2. The summed E-state index contributed by atoms with van der Waals surface area (Å²) in [5.41, 5.74) is 10.9. The number of aliphatic hydroxyl groups excluding tert-OH is 1. The fourth-order valence-electron chi connectivity index (χ4n) is 3.47. The first-order valence-corrected chi connectivity index (χ1v) is 10.4. The average Bonchev–Trinajstić information content (AvgIpc) is 3.30. The van der Waals surface area contributed by atoms with Gasteiger partial charge in [0.1, 0.15) is 10.9 Å². The van der Waals surface area contributed by atoms with E-state index in [1.807, 2.05) is 6.92 Å². The third-order valence-electron chi connectivity index (χ3n) is 4.92. The molecule has 0 spiro atoms. The highest BCUT2D eigenvalue weighted by atomic mass is 32.1. The normalized spacial score (nSPS) is 15.4. The number of hydrogen-bond acceptors (Lipinski definition) is 7. The van der Waals surface area contributed by atoms with Gasteiger partial charge in [0.25, 0.3) is 11.8 Å². The summed E-state index contributed by atoms with van der Waals surface area (Å²) in [4.78, 5) is 39.0. The molecule has 1 aromatic rings. The Kier molecular flexibility index (Phi) is 8.18. The van der Waals surface area contributed by atoms with E-state index in [1.165, 1.54) is 4.90 Å². The van der Waals surface area contributed by atoms with Gasteiger partial charge in [0.2, 0.25) is 5.91 Å². The topological polar surface area (TPSA) is 152 Å². The van der Waals surface area contributed by atoms with Crippen molar-refractivity contribution >= 4 is 34.9 Å². The fourth-order valence-corrected chi connectivity index (χ4v) is 4.23. The van der Waals surface area contributed by atoms with Crippen molar-refractivity contribution in [3.63, 3.8) is 0 Å². The number of hydrogen-bond donors (Lipinski definition) is 4. The van der Waals surface area contributed by atoms with Crippen LogP contribution in [0.1, 0.15) is 72.0 Å². The number of aromatic nitrogens is 1. The zero-order chi connectivity index (χ0) is 20.7. The van der Waals surface area contributed by atoms with Crippen LogP contribution in [0.3, 0.4) is 0 Å². The average molecular weight is 412 g/mol. The zero-order valence-electron chi connectivity index (χ0n) is 16.1. The predicted molar refractivity (Wildman–Crippen MR) is 107 cm³/mol. The van der Waals surface area contributed by atoms with E-state index in [0.29, 0.717) is 19.3 Å². The van der Waals surface area contributed by atoms with Gasteiger partial charge in [-0.15, -0.1) is 0 Å². The van der Waals surface area contributed by atoms with Gasteiger partial charge in [-0.25, -0.2) is 0 Å². The van der Waals surface area contributed by atoms with Crippen LogP contribution in [0.2, 0.25) is 0 Å². The molecule has 3 amide bonds. The zero-order valence-corrected chi connectivity index (χ0v) is 17.0. The Morgan fingerprint density at radius 1 is 1.36 bits per heavy atom. The molecule has 0 bridgehead atoms. The van der Waals surface area contributed by atoms with E-state index < -0.39 is 17.9 Å². The van der Waals surface area contributed by atoms with Crippen molar-refractivity contribution in [1.29, 1.82) is 0 Å². The second kappa shape index (κ2) is 10.4. The molecule has 1 heterocycles. The van der Waals surface area contributed by atoms with Gasteiger partial charge in [-0.1, -0.05) is 26.2 Å². The number of amides is 3. The van der Waals surface area contributed by atoms with Crippen molar-refractivity contribution in [2.45, 2.75) is 64.0 Å². The molecule has 28 heavy (non-hydrogen) atoms. The van der Waals surface area contributed by atoms with Gasteiger partial charge in [0.15, 0.2) is 5.69 Å². The largest absolute Gasteiger partial charge is 0.396 e. The van der Waals surface area contributed by atoms with Crippen molar-refractivity contribution in [3.05, 3.63) is 10.6 Å². The number of primary amides is 1. The van der Waals surface area contributed by atoms with Crippen LogP contribution in [0.15, 0.2) is 0 Å². The molecule has 1 aromatic heterocycles. The van der Waals surface area contributed by atoms with E-state index >= 15 is 0 Å². The molecule has 0 saturated heterocycles. The van der Waals surface area contributed by atoms with Crippen molar-refractivity contribution < 1.29 is 19.5 Å². The molecule has 10 heteroatoms. The lowest BCUT2D eigenvalue weighted by Crippen LogP contribution is -2.51. The Labute approximate surface area is 168 Å². The standard InChI is InChI=1S/C18H29N5O4S/c1-2-6-12(17(26)21-11-7-3-4-8-11)23(9-5-10-24)18(27)15-13(19)14(16(20)25)22-28-15/h11-12,24H,2-10,19H2,1H3,(H2,20,25)(H,21,26)/t12-/m1/s1. The molecule has 156 valence electrons. The van der Waals surface area contributed by atoms with E-state index in [2.05, 4.69) is 9.69 Å². The summed E-state index contributed by atoms with van der Waals surface area (Å²) in [6.45, 7) is 2.02. The highest BCUT2D eigenvalue weighted by molar-refractivity contribution is 7.09. The number of nitrogens with one attached hydrogen (secondary N) is 1. The minimum atomic E-state index is -0.807. The Morgan fingerprint density at radius 3 is 2.57 bits per heavy atom. The van der Waals surface area contributed by atoms with Crippen LogP contribution in [0.5, 0.6) is 0 Å². The van der Waals surface area contributed by atoms with Crippen molar-refractivity contribution in [2.24, 2.45) is 5.73 Å². The minimum Gasteiger partial charge on any atom is -0.396 e. The Bertz CT molecular complexity index is 702. The maximum atomic E-state index is 13.2. The summed E-state index contributed by atoms with van der Waals surface area (Å²) in [7, 11) is 0. The van der Waals surface area contributed by atoms with Crippen LogP contribution in [0.25, 0.3) is 0 Å². The van der Waals surface area contributed by atoms with Gasteiger partial charge in [-0.3, -0.25) is 14.4 Å². The summed E-state index contributed by atoms with van der Waals surface area (Å²) >= 11 is 0.793. The third kappa shape index (κ3) is 5.20. The maximum absolute atomic E-state index is 13.2. The second-order valence-corrected chi connectivity index (χ2v) is 7.78. The Morgan fingerprint density at radius 2 is 2.04 bits per heavy atom. The Hall–Kier alpha value is -2.20. The third-order valence-corrected chi connectivity index (χ3v) is 5.77. The van der Waals surface area contributed by atoms with Crippen LogP contribution in [-0.4, -0.2) is 57.3 Å². The summed E-state index contributed by atoms with van der Waals surface area (Å²) in [5.74, 6) is -1.48. The summed E-state index contributed by atoms with van der Waals surface area (Å²) in [6, 6.07) is -0.542. The molecule has 0 aromatic carbocycles. The molecule has 1 fully saturated rings. The van der Waals surface area contributed by atoms with Crippen LogP contribution in [0.4, 0.5) is 5.69 Å². The summed E-state index contributed by atoms with van der Waals surface area (Å²) < 4.78 is 3.88. The molecule has 1 atom stereocenters. The van der Waals surface area contributed by atoms with E-state index in [0.717, 1.165) is 37.2 Å². The molecule has 6 N–H and O–H groups in total. The van der Waals surface area contributed by atoms with Gasteiger partial charge in [0, 0.05) is 19.2 Å². The predicted octanol–water partition coefficient (Wildman–Crippen LogP) is 0.876. The van der Waals surface area contributed by atoms with E-state index in [-0.39, 0.29) is 41.4 Å². The van der Waals surface area contributed by atoms with Crippen LogP contribution < -0.4 is 16.8 Å². The highest BCUT2D eigenvalue weighted by Gasteiger charge is 2.33. The summed E-state index contributed by atoms with van der Waals surface area (Å²) in [6.07, 6.45) is 5.57. The molecule has 1 saturated carbocycles. The van der Waals surface area contributed by atoms with Gasteiger partial charge in [-0.2, -0.15) is 4.37 Å². The van der Waals surface area contributed by atoms with Crippen LogP contribution in [0, 0.1) is 0 Å². The van der Waals surface area contributed by atoms with E-state index in [1.54, 1.807) is 0 Å². The van der Waals surface area contributed by atoms with Crippen molar-refractivity contribution in [2.75, 3.05) is 18.9 Å². The fraction of sp³-hybridized carbons (Fsp3) is 0.667. The number of carbonyl (C=O) groups is 3. The molecule has 0 unspecified atom stereocenters. The number of carbonyl (C=O) groups excluding carboxylic acids is 3. The molecule has 2 rings (SSSR count). The SMILES string of the molecule is CCC[C@H](C(=O)NC1CCCC1)N(CCCO)C(=O)c1snc(C(N)=O)c1N. The quantitative estimate of drug-likeness (QED) is 0.448. The first kappa shape index (κ1) is 22.1. The highest BCUT2D eigenvalue weighted by Crippen LogP contribution is 2.25. The second-order valence-electron chi connectivity index (χ2n) is 7.01. The number of nitrogens with zero attached hydrogens (tertiary/aromatic N) is 2. The molecule has 9 nitrogen and oxygen atoms in total. The molecule has 1 aliphatic rings. The van der Waals surface area contributed by atoms with E-state index in [9.17, 15) is 19.5 Å². The first-order valence-electron chi connectivity index (χ1n) is 9.67. The molecular weight excluding hydrogens is 382 g/mol. The van der Waals surface area contributed by atoms with Crippen LogP contribution >= 0.6 is 11.5 Å². The van der Waals surface area contributed by atoms with Crippen LogP contribution in [-0.2, 0) is 4.79 Å². The first-order chi connectivity index (χ1) is 13.4. The van der Waals surface area contributed by atoms with Crippen molar-refractivity contribution in [1.82, 2.24) is 14.6 Å². The lowest BCUT2D eigenvalue weighted by atomic mass is 10.1. The number of rotatable bonds is 10. The van der Waals surface area contributed by atoms with Gasteiger partial charge in [-0.05, 0) is 37.2 Å². The number of aliphatic hydroxyl groups is 1. The Balaban J connectivity index is 2.27. The van der Waals surface area contributed by atoms with Gasteiger partial charge < -0.3 is 26.8 Å². The van der Waals surface area contributed by atoms with Crippen molar-refractivity contribution in [3.8, 4) is 0 Å². The minimum absolute atomic E-state index is 0.0667.